The lowest BCUT2D eigenvalue weighted by Crippen LogP contribution is -2.35. The molecule has 120 valence electrons. The predicted molar refractivity (Wildman–Crippen MR) is 83.2 cm³/mol. The van der Waals surface area contributed by atoms with Crippen LogP contribution in [0, 0.1) is 11.8 Å². The van der Waals surface area contributed by atoms with Gasteiger partial charge in [-0.3, -0.25) is 4.79 Å². The molecule has 0 aliphatic carbocycles. The number of hydrogen-bond acceptors (Lipinski definition) is 4. The molecular weight excluding hydrogens is 276 g/mol. The van der Waals surface area contributed by atoms with Crippen LogP contribution in [0.5, 0.6) is 0 Å². The Labute approximate surface area is 123 Å². The summed E-state index contributed by atoms with van der Waals surface area (Å²) in [5.74, 6) is 0.419. The fraction of sp³-hybridized carbons (Fsp3) is 0.929. The van der Waals surface area contributed by atoms with Gasteiger partial charge in [0.25, 0.3) is 0 Å². The molecule has 20 heavy (non-hydrogen) atoms. The van der Waals surface area contributed by atoms with Crippen molar-refractivity contribution < 1.29 is 13.2 Å². The maximum absolute atomic E-state index is 11.9. The van der Waals surface area contributed by atoms with Gasteiger partial charge in [-0.25, -0.2) is 8.42 Å². The first-order valence-electron chi connectivity index (χ1n) is 7.25. The summed E-state index contributed by atoms with van der Waals surface area (Å²) in [7, 11) is -1.43. The van der Waals surface area contributed by atoms with Crippen LogP contribution >= 0.6 is 0 Å². The molecule has 1 unspecified atom stereocenters. The van der Waals surface area contributed by atoms with E-state index in [1.807, 2.05) is 27.7 Å². The average molecular weight is 306 g/mol. The van der Waals surface area contributed by atoms with E-state index in [4.69, 9.17) is 5.73 Å². The summed E-state index contributed by atoms with van der Waals surface area (Å²) in [5.41, 5.74) is 5.93. The Morgan fingerprint density at radius 2 is 1.75 bits per heavy atom. The van der Waals surface area contributed by atoms with Crippen molar-refractivity contribution >= 4 is 15.7 Å². The van der Waals surface area contributed by atoms with Crippen molar-refractivity contribution in [3.8, 4) is 0 Å². The lowest BCUT2D eigenvalue weighted by atomic mass is 10.0. The van der Waals surface area contributed by atoms with E-state index in [1.54, 1.807) is 11.9 Å². The molecule has 2 N–H and O–H groups in total. The number of hydrogen-bond donors (Lipinski definition) is 1. The van der Waals surface area contributed by atoms with Gasteiger partial charge < -0.3 is 10.6 Å². The largest absolute Gasteiger partial charge is 0.346 e. The maximum atomic E-state index is 11.9. The number of carbonyl (C=O) groups excluding carboxylic acids is 1. The molecule has 0 radical (unpaired) electrons. The Balaban J connectivity index is 4.15. The van der Waals surface area contributed by atoms with Gasteiger partial charge in [0, 0.05) is 26.1 Å². The third-order valence-electron chi connectivity index (χ3n) is 3.29. The van der Waals surface area contributed by atoms with E-state index in [-0.39, 0.29) is 35.8 Å². The summed E-state index contributed by atoms with van der Waals surface area (Å²) >= 11 is 0. The summed E-state index contributed by atoms with van der Waals surface area (Å²) in [4.78, 5) is 13.5. The van der Waals surface area contributed by atoms with Crippen molar-refractivity contribution in [3.63, 3.8) is 0 Å². The van der Waals surface area contributed by atoms with Crippen molar-refractivity contribution in [1.82, 2.24) is 4.90 Å². The fourth-order valence-corrected chi connectivity index (χ4v) is 3.49. The smallest absolute Gasteiger partial charge is 0.223 e. The Hall–Kier alpha value is -0.620. The molecule has 0 bridgehead atoms. The molecule has 0 rings (SSSR count). The predicted octanol–water partition coefficient (Wildman–Crippen LogP) is 1.28. The summed E-state index contributed by atoms with van der Waals surface area (Å²) in [6.45, 7) is 8.38. The normalized spacial score (nSPS) is 13.8. The molecule has 0 fully saturated rings. The first kappa shape index (κ1) is 19.4. The number of nitrogens with two attached hydrogens (primary N) is 1. The minimum absolute atomic E-state index is 0.0580. The van der Waals surface area contributed by atoms with Gasteiger partial charge in [-0.2, -0.15) is 0 Å². The lowest BCUT2D eigenvalue weighted by Gasteiger charge is -2.21. The lowest BCUT2D eigenvalue weighted by molar-refractivity contribution is -0.129. The Morgan fingerprint density at radius 1 is 1.20 bits per heavy atom. The molecule has 6 heteroatoms. The highest BCUT2D eigenvalue weighted by Gasteiger charge is 2.18. The van der Waals surface area contributed by atoms with Gasteiger partial charge in [0.15, 0.2) is 9.84 Å². The van der Waals surface area contributed by atoms with Gasteiger partial charge >= 0.3 is 0 Å². The third kappa shape index (κ3) is 8.53. The van der Waals surface area contributed by atoms with Crippen molar-refractivity contribution in [2.45, 2.75) is 46.6 Å². The van der Waals surface area contributed by atoms with Crippen molar-refractivity contribution in [2.75, 3.05) is 25.1 Å². The Morgan fingerprint density at radius 3 is 2.20 bits per heavy atom. The van der Waals surface area contributed by atoms with Crippen LogP contribution in [-0.4, -0.2) is 50.4 Å². The molecule has 1 atom stereocenters. The summed E-state index contributed by atoms with van der Waals surface area (Å²) in [6, 6.07) is 0.0647. The van der Waals surface area contributed by atoms with Gasteiger partial charge in [-0.15, -0.1) is 0 Å². The number of rotatable bonds is 9. The quantitative estimate of drug-likeness (QED) is 0.696. The average Bonchev–Trinajstić information content (AvgIpc) is 2.30. The van der Waals surface area contributed by atoms with Crippen molar-refractivity contribution in [2.24, 2.45) is 17.6 Å². The van der Waals surface area contributed by atoms with Crippen LogP contribution in [0.25, 0.3) is 0 Å². The molecule has 0 aliphatic rings. The van der Waals surface area contributed by atoms with E-state index < -0.39 is 9.84 Å². The second kappa shape index (κ2) is 8.62. The van der Waals surface area contributed by atoms with Crippen LogP contribution in [0.2, 0.25) is 0 Å². The van der Waals surface area contributed by atoms with E-state index in [0.717, 1.165) is 6.42 Å². The van der Waals surface area contributed by atoms with E-state index in [1.165, 1.54) is 0 Å². The van der Waals surface area contributed by atoms with E-state index in [2.05, 4.69) is 0 Å². The molecule has 0 saturated heterocycles. The highest BCUT2D eigenvalue weighted by molar-refractivity contribution is 7.91. The van der Waals surface area contributed by atoms with Gasteiger partial charge in [-0.1, -0.05) is 27.7 Å². The minimum Gasteiger partial charge on any atom is -0.346 e. The van der Waals surface area contributed by atoms with E-state index >= 15 is 0 Å². The molecule has 0 saturated carbocycles. The van der Waals surface area contributed by atoms with Crippen LogP contribution < -0.4 is 5.73 Å². The molecule has 1 amide bonds. The van der Waals surface area contributed by atoms with Crippen LogP contribution in [0.15, 0.2) is 0 Å². The zero-order valence-corrected chi connectivity index (χ0v) is 14.2. The van der Waals surface area contributed by atoms with Crippen molar-refractivity contribution in [1.29, 1.82) is 0 Å². The van der Waals surface area contributed by atoms with Crippen molar-refractivity contribution in [3.05, 3.63) is 0 Å². The second-order valence-corrected chi connectivity index (χ2v) is 8.50. The first-order valence-corrected chi connectivity index (χ1v) is 9.07. The molecule has 0 aromatic carbocycles. The van der Waals surface area contributed by atoms with E-state index in [9.17, 15) is 13.2 Å². The summed E-state index contributed by atoms with van der Waals surface area (Å²) in [6.07, 6.45) is 0.793. The van der Waals surface area contributed by atoms with Crippen LogP contribution in [-0.2, 0) is 14.6 Å². The van der Waals surface area contributed by atoms with Gasteiger partial charge in [0.05, 0.1) is 11.5 Å². The first-order chi connectivity index (χ1) is 9.05. The SMILES string of the molecule is CC(C)CS(=O)(=O)CCC(=O)N(C)CCC(N)C(C)C. The summed E-state index contributed by atoms with van der Waals surface area (Å²) < 4.78 is 23.5. The van der Waals surface area contributed by atoms with Crippen LogP contribution in [0.1, 0.15) is 40.5 Å². The number of sulfone groups is 1. The zero-order chi connectivity index (χ0) is 15.9. The van der Waals surface area contributed by atoms with E-state index in [0.29, 0.717) is 12.5 Å². The van der Waals surface area contributed by atoms with Gasteiger partial charge in [0.2, 0.25) is 5.91 Å². The maximum Gasteiger partial charge on any atom is 0.223 e. The monoisotopic (exact) mass is 306 g/mol. The molecule has 0 aliphatic heterocycles. The minimum atomic E-state index is -3.13. The van der Waals surface area contributed by atoms with Crippen LogP contribution in [0.3, 0.4) is 0 Å². The third-order valence-corrected chi connectivity index (χ3v) is 5.29. The highest BCUT2D eigenvalue weighted by atomic mass is 32.2. The standard InChI is InChI=1S/C14H30N2O3S/c1-11(2)10-20(18,19)9-7-14(17)16(5)8-6-13(15)12(3)4/h11-13H,6-10,15H2,1-5H3. The topological polar surface area (TPSA) is 80.5 Å². The number of carbonyl (C=O) groups is 1. The zero-order valence-electron chi connectivity index (χ0n) is 13.4. The van der Waals surface area contributed by atoms with Gasteiger partial charge in [-0.05, 0) is 18.3 Å². The summed E-state index contributed by atoms with van der Waals surface area (Å²) in [5, 5.41) is 0. The molecule has 0 heterocycles. The number of amides is 1. The number of nitrogens with zero attached hydrogens (tertiary/aromatic N) is 1. The molecule has 0 aromatic heterocycles. The fourth-order valence-electron chi connectivity index (χ4n) is 1.83. The highest BCUT2D eigenvalue weighted by Crippen LogP contribution is 2.06. The molecule has 0 aromatic rings. The van der Waals surface area contributed by atoms with Crippen LogP contribution in [0.4, 0.5) is 0 Å². The van der Waals surface area contributed by atoms with Gasteiger partial charge in [0.1, 0.15) is 0 Å². The Bertz CT molecular complexity index is 391. The molecule has 0 spiro atoms. The molecule has 5 nitrogen and oxygen atoms in total. The second-order valence-electron chi connectivity index (χ2n) is 6.27. The molecular formula is C14H30N2O3S. The Kier molecular flexibility index (Phi) is 8.35.